The van der Waals surface area contributed by atoms with Crippen molar-refractivity contribution in [2.75, 3.05) is 6.67 Å². The molecule has 2 rings (SSSR count). The molecule has 138 valence electrons. The molecule has 0 saturated heterocycles. The van der Waals surface area contributed by atoms with E-state index in [0.29, 0.717) is 6.42 Å². The average molecular weight is 440 g/mol. The third kappa shape index (κ3) is 6.55. The number of hydrogen-bond donors (Lipinski definition) is 0. The van der Waals surface area contributed by atoms with Gasteiger partial charge in [0.2, 0.25) is 6.71 Å². The van der Waals surface area contributed by atoms with Crippen LogP contribution in [0.1, 0.15) is 12.5 Å². The molecule has 0 spiro atoms. The summed E-state index contributed by atoms with van der Waals surface area (Å²) in [7, 11) is 0. The zero-order chi connectivity index (χ0) is 18.9. The van der Waals surface area contributed by atoms with Gasteiger partial charge in [0, 0.05) is 4.83 Å². The van der Waals surface area contributed by atoms with Crippen LogP contribution >= 0.6 is 27.5 Å². The predicted molar refractivity (Wildman–Crippen MR) is 114 cm³/mol. The lowest BCUT2D eigenvalue weighted by Gasteiger charge is -2.14. The number of alkyl halides is 4. The van der Waals surface area contributed by atoms with Crippen LogP contribution in [0.2, 0.25) is 6.32 Å². The van der Waals surface area contributed by atoms with Gasteiger partial charge in [-0.05, 0) is 25.2 Å². The molecule has 0 aliphatic heterocycles. The first-order valence-corrected chi connectivity index (χ1v) is 10.1. The highest BCUT2D eigenvalue weighted by molar-refractivity contribution is 9.09. The summed E-state index contributed by atoms with van der Waals surface area (Å²) in [6.45, 7) is 1.25. The minimum absolute atomic E-state index is 0.149. The van der Waals surface area contributed by atoms with Crippen LogP contribution < -0.4 is 10.9 Å². The lowest BCUT2D eigenvalue weighted by atomic mass is 9.38. The van der Waals surface area contributed by atoms with Crippen LogP contribution in [0.15, 0.2) is 66.7 Å². The van der Waals surface area contributed by atoms with Crippen molar-refractivity contribution in [1.82, 2.24) is 0 Å². The van der Waals surface area contributed by atoms with E-state index in [-0.39, 0.29) is 18.2 Å². The Morgan fingerprint density at radius 3 is 2.27 bits per heavy atom. The predicted octanol–water partition coefficient (Wildman–Crippen LogP) is 5.09. The summed E-state index contributed by atoms with van der Waals surface area (Å²) in [6.07, 6.45) is 4.01. The monoisotopic (exact) mass is 438 g/mol. The third-order valence-electron chi connectivity index (χ3n) is 4.34. The van der Waals surface area contributed by atoms with E-state index in [1.54, 1.807) is 6.08 Å². The van der Waals surface area contributed by atoms with E-state index >= 15 is 0 Å². The van der Waals surface area contributed by atoms with Crippen LogP contribution in [0.5, 0.6) is 0 Å². The lowest BCUT2D eigenvalue weighted by Crippen LogP contribution is -2.41. The van der Waals surface area contributed by atoms with Gasteiger partial charge in [-0.25, -0.2) is 8.78 Å². The Bertz CT molecular complexity index is 676. The minimum atomic E-state index is -1.07. The number of allylic oxidation sites excluding steroid dienone is 2. The molecule has 3 unspecified atom stereocenters. The number of hydrogen-bond acceptors (Lipinski definition) is 0. The van der Waals surface area contributed by atoms with Crippen molar-refractivity contribution in [1.29, 1.82) is 0 Å². The molecule has 0 aromatic heterocycles. The first kappa shape index (κ1) is 21.2. The summed E-state index contributed by atoms with van der Waals surface area (Å²) in [5.74, 6) is 0. The molecule has 0 radical (unpaired) electrons. The molecule has 0 fully saturated rings. The van der Waals surface area contributed by atoms with Gasteiger partial charge in [-0.15, -0.1) is 11.6 Å². The molecule has 0 aliphatic rings. The third-order valence-corrected chi connectivity index (χ3v) is 5.40. The van der Waals surface area contributed by atoms with Crippen LogP contribution in [-0.4, -0.2) is 29.8 Å². The van der Waals surface area contributed by atoms with Gasteiger partial charge in [0.25, 0.3) is 0 Å². The molecule has 3 atom stereocenters. The van der Waals surface area contributed by atoms with Crippen molar-refractivity contribution in [2.24, 2.45) is 0 Å². The topological polar surface area (TPSA) is 0 Å². The van der Waals surface area contributed by atoms with Gasteiger partial charge >= 0.3 is 0 Å². The largest absolute Gasteiger partial charge is 0.250 e. The van der Waals surface area contributed by atoms with Crippen molar-refractivity contribution in [3.63, 3.8) is 0 Å². The van der Waals surface area contributed by atoms with Gasteiger partial charge < -0.3 is 0 Å². The molecular formula is C21H23BBrClF2. The number of benzene rings is 2. The van der Waals surface area contributed by atoms with E-state index in [2.05, 4.69) is 40.2 Å². The van der Waals surface area contributed by atoms with Crippen LogP contribution in [0.4, 0.5) is 8.78 Å². The molecule has 26 heavy (non-hydrogen) atoms. The second kappa shape index (κ2) is 10.9. The lowest BCUT2D eigenvalue weighted by molar-refractivity contribution is 0.369. The van der Waals surface area contributed by atoms with Crippen LogP contribution in [0.25, 0.3) is 0 Å². The molecule has 2 aromatic carbocycles. The number of halogens is 4. The smallest absolute Gasteiger partial charge is 0.213 e. The van der Waals surface area contributed by atoms with Crippen molar-refractivity contribution < 1.29 is 8.78 Å². The molecule has 0 nitrogen and oxygen atoms in total. The zero-order valence-corrected chi connectivity index (χ0v) is 17.1. The van der Waals surface area contributed by atoms with Crippen LogP contribution in [0.3, 0.4) is 0 Å². The highest BCUT2D eigenvalue weighted by Gasteiger charge is 2.18. The molecule has 0 heterocycles. The van der Waals surface area contributed by atoms with Gasteiger partial charge in [-0.1, -0.05) is 93.6 Å². The summed E-state index contributed by atoms with van der Waals surface area (Å²) >= 11 is 9.31. The SMILES string of the molecule is CC(F)C(Cl)C=CCB(c1ccccc1)c1ccc(CC(Br)CF)cc1. The fourth-order valence-corrected chi connectivity index (χ4v) is 3.32. The Morgan fingerprint density at radius 1 is 1.08 bits per heavy atom. The fraction of sp³-hybridized carbons (Fsp3) is 0.333. The van der Waals surface area contributed by atoms with E-state index in [1.807, 2.05) is 36.4 Å². The van der Waals surface area contributed by atoms with E-state index in [1.165, 1.54) is 17.8 Å². The van der Waals surface area contributed by atoms with Gasteiger partial charge in [0.05, 0.1) is 5.38 Å². The average Bonchev–Trinajstić information content (AvgIpc) is 2.66. The molecular weight excluding hydrogens is 416 g/mol. The Hall–Kier alpha value is -1.13. The number of rotatable bonds is 9. The van der Waals surface area contributed by atoms with Gasteiger partial charge in [0.1, 0.15) is 12.8 Å². The van der Waals surface area contributed by atoms with E-state index in [4.69, 9.17) is 11.6 Å². The fourth-order valence-electron chi connectivity index (χ4n) is 2.84. The Kier molecular flexibility index (Phi) is 8.87. The standard InChI is InChI=1S/C21H23BBrClF2/c1-16(26)21(24)8-5-13-22(18-6-3-2-4-7-18)19-11-9-17(10-12-19)14-20(23)15-25/h2-12,16,20-21H,13-15H2,1H3. The molecule has 0 bridgehead atoms. The maximum absolute atomic E-state index is 13.2. The minimum Gasteiger partial charge on any atom is -0.250 e. The highest BCUT2D eigenvalue weighted by Crippen LogP contribution is 2.12. The maximum Gasteiger partial charge on any atom is 0.213 e. The van der Waals surface area contributed by atoms with Crippen molar-refractivity contribution >= 4 is 45.2 Å². The second-order valence-corrected chi connectivity index (χ2v) is 8.25. The Balaban J connectivity index is 2.18. The van der Waals surface area contributed by atoms with Gasteiger partial charge in [-0.2, -0.15) is 0 Å². The van der Waals surface area contributed by atoms with E-state index < -0.39 is 11.5 Å². The summed E-state index contributed by atoms with van der Waals surface area (Å²) in [4.78, 5) is -0.149. The molecule has 2 aromatic rings. The molecule has 0 saturated carbocycles. The first-order chi connectivity index (χ1) is 12.5. The van der Waals surface area contributed by atoms with Crippen LogP contribution in [-0.2, 0) is 6.42 Å². The van der Waals surface area contributed by atoms with Gasteiger partial charge in [-0.3, -0.25) is 0 Å². The van der Waals surface area contributed by atoms with Crippen molar-refractivity contribution in [3.05, 3.63) is 72.3 Å². The van der Waals surface area contributed by atoms with E-state index in [9.17, 15) is 8.78 Å². The highest BCUT2D eigenvalue weighted by atomic mass is 79.9. The summed E-state index contributed by atoms with van der Waals surface area (Å²) in [6, 6.07) is 18.5. The quantitative estimate of drug-likeness (QED) is 0.290. The van der Waals surface area contributed by atoms with Crippen LogP contribution in [0, 0.1) is 0 Å². The van der Waals surface area contributed by atoms with Crippen molar-refractivity contribution in [2.45, 2.75) is 36.0 Å². The Morgan fingerprint density at radius 2 is 1.69 bits per heavy atom. The molecule has 5 heteroatoms. The summed E-state index contributed by atoms with van der Waals surface area (Å²) in [5, 5.41) is -0.606. The molecule has 0 aliphatic carbocycles. The Labute approximate surface area is 168 Å². The zero-order valence-electron chi connectivity index (χ0n) is 14.8. The van der Waals surface area contributed by atoms with Crippen molar-refractivity contribution in [3.8, 4) is 0 Å². The maximum atomic E-state index is 13.2. The summed E-state index contributed by atoms with van der Waals surface area (Å²) in [5.41, 5.74) is 3.48. The normalized spacial score (nSPS) is 15.0. The van der Waals surface area contributed by atoms with Gasteiger partial charge in [0.15, 0.2) is 0 Å². The van der Waals surface area contributed by atoms with E-state index in [0.717, 1.165) is 11.9 Å². The summed E-state index contributed by atoms with van der Waals surface area (Å²) < 4.78 is 25.9. The second-order valence-electron chi connectivity index (χ2n) is 6.45. The molecule has 0 amide bonds. The molecule has 0 N–H and O–H groups in total. The first-order valence-electron chi connectivity index (χ1n) is 8.80.